The smallest absolute Gasteiger partial charge is 0.0000925 e. The lowest BCUT2D eigenvalue weighted by atomic mass is 9.81. The first-order valence-electron chi connectivity index (χ1n) is 11.4. The summed E-state index contributed by atoms with van der Waals surface area (Å²) in [7, 11) is 0. The highest BCUT2D eigenvalue weighted by Gasteiger charge is 2.28. The van der Waals surface area contributed by atoms with Crippen LogP contribution in [-0.4, -0.2) is 0 Å². The summed E-state index contributed by atoms with van der Waals surface area (Å²) in [6.45, 7) is 0. The number of fused-ring (bicyclic) bond motifs is 2. The van der Waals surface area contributed by atoms with Crippen LogP contribution < -0.4 is 0 Å². The predicted octanol–water partition coefficient (Wildman–Crippen LogP) is 9.21. The van der Waals surface area contributed by atoms with E-state index in [1.807, 2.05) is 0 Å². The van der Waals surface area contributed by atoms with Gasteiger partial charge in [0.05, 0.1) is 0 Å². The summed E-state index contributed by atoms with van der Waals surface area (Å²) in [4.78, 5) is 0. The Hall–Kier alpha value is -4.16. The van der Waals surface area contributed by atoms with Gasteiger partial charge in [-0.05, 0) is 103 Å². The molecule has 0 N–H and O–H groups in total. The minimum Gasteiger partial charge on any atom is -0.0610 e. The quantitative estimate of drug-likeness (QED) is 0.176. The highest BCUT2D eigenvalue weighted by Crippen LogP contribution is 2.56. The molecule has 0 saturated heterocycles. The first-order chi connectivity index (χ1) is 15.9. The van der Waals surface area contributed by atoms with Crippen molar-refractivity contribution in [2.24, 2.45) is 0 Å². The summed E-state index contributed by atoms with van der Waals surface area (Å²) < 4.78 is 0. The van der Waals surface area contributed by atoms with Crippen LogP contribution in [0.2, 0.25) is 0 Å². The molecule has 0 aromatic heterocycles. The van der Waals surface area contributed by atoms with Crippen molar-refractivity contribution in [3.8, 4) is 11.1 Å². The van der Waals surface area contributed by atoms with Gasteiger partial charge in [-0.25, -0.2) is 0 Å². The molecule has 0 amide bonds. The van der Waals surface area contributed by atoms with Gasteiger partial charge in [-0.15, -0.1) is 0 Å². The summed E-state index contributed by atoms with van der Waals surface area (Å²) in [5.41, 5.74) is 2.81. The van der Waals surface area contributed by atoms with Crippen LogP contribution in [0.25, 0.3) is 97.3 Å². The lowest BCUT2D eigenvalue weighted by Crippen LogP contribution is -1.93. The highest BCUT2D eigenvalue weighted by molar-refractivity contribution is 6.52. The number of rotatable bonds is 0. The van der Waals surface area contributed by atoms with E-state index in [4.69, 9.17) is 0 Å². The summed E-state index contributed by atoms with van der Waals surface area (Å²) in [6, 6.07) is 32.5. The molecule has 142 valence electrons. The van der Waals surface area contributed by atoms with Crippen molar-refractivity contribution in [2.45, 2.75) is 0 Å². The molecule has 0 saturated carbocycles. The number of hydrogen-bond donors (Lipinski definition) is 0. The second-order valence-electron chi connectivity index (χ2n) is 9.64. The SMILES string of the molecule is c1cc2c3c(c1)ccc1c4ccc5ccc6ccc7ccc8cc-2c(c13)c1c8c7c6c5c41. The van der Waals surface area contributed by atoms with Crippen molar-refractivity contribution in [3.63, 3.8) is 0 Å². The molecule has 0 atom stereocenters. The average molecular weight is 398 g/mol. The second-order valence-corrected chi connectivity index (χ2v) is 9.64. The molecular formula is C32H14. The Morgan fingerprint density at radius 1 is 0.281 bits per heavy atom. The maximum Gasteiger partial charge on any atom is -0.0000925 e. The van der Waals surface area contributed by atoms with E-state index in [0.29, 0.717) is 0 Å². The van der Waals surface area contributed by atoms with Crippen LogP contribution in [0.15, 0.2) is 84.9 Å². The fourth-order valence-corrected chi connectivity index (χ4v) is 7.24. The zero-order valence-electron chi connectivity index (χ0n) is 17.1. The largest absolute Gasteiger partial charge is 0.0610 e. The van der Waals surface area contributed by atoms with Gasteiger partial charge >= 0.3 is 0 Å². The second kappa shape index (κ2) is 4.40. The molecule has 1 aliphatic carbocycles. The minimum absolute atomic E-state index is 1.35. The molecule has 0 aliphatic heterocycles. The van der Waals surface area contributed by atoms with Crippen molar-refractivity contribution in [1.29, 1.82) is 0 Å². The maximum absolute atomic E-state index is 2.46. The molecule has 0 radical (unpaired) electrons. The van der Waals surface area contributed by atoms with E-state index in [1.54, 1.807) is 0 Å². The van der Waals surface area contributed by atoms with E-state index in [0.717, 1.165) is 0 Å². The van der Waals surface area contributed by atoms with Gasteiger partial charge in [-0.3, -0.25) is 0 Å². The van der Waals surface area contributed by atoms with Gasteiger partial charge < -0.3 is 0 Å². The summed E-state index contributed by atoms with van der Waals surface area (Å²) in [5, 5.41) is 22.6. The van der Waals surface area contributed by atoms with E-state index in [9.17, 15) is 0 Å². The Labute approximate surface area is 182 Å². The predicted molar refractivity (Wildman–Crippen MR) is 139 cm³/mol. The summed E-state index contributed by atoms with van der Waals surface area (Å²) in [5.74, 6) is 0. The number of benzene rings is 9. The molecule has 0 bridgehead atoms. The fourth-order valence-electron chi connectivity index (χ4n) is 7.24. The fraction of sp³-hybridized carbons (Fsp3) is 0. The van der Waals surface area contributed by atoms with Crippen molar-refractivity contribution < 1.29 is 0 Å². The van der Waals surface area contributed by atoms with Gasteiger partial charge in [-0.2, -0.15) is 0 Å². The lowest BCUT2D eigenvalue weighted by Gasteiger charge is -2.22. The van der Waals surface area contributed by atoms with E-state index >= 15 is 0 Å². The molecule has 0 heterocycles. The molecule has 0 nitrogen and oxygen atoms in total. The number of hydrogen-bond acceptors (Lipinski definition) is 0. The standard InChI is InChI=1S/C32H14/c1-2-15-10-12-21-22-13-11-18-7-6-16-4-5-17-8-9-19-14-23-20(3-1)24(15)29(21)31(23)32-28(19)26(17)25(16)27(18)30(22)32/h1-14H. The molecule has 9 aromatic carbocycles. The van der Waals surface area contributed by atoms with Crippen LogP contribution >= 0.6 is 0 Å². The summed E-state index contributed by atoms with van der Waals surface area (Å²) in [6.07, 6.45) is 0. The van der Waals surface area contributed by atoms with E-state index in [1.165, 1.54) is 97.3 Å². The summed E-state index contributed by atoms with van der Waals surface area (Å²) >= 11 is 0. The van der Waals surface area contributed by atoms with E-state index < -0.39 is 0 Å². The van der Waals surface area contributed by atoms with E-state index in [-0.39, 0.29) is 0 Å². The van der Waals surface area contributed by atoms with Crippen LogP contribution in [0.4, 0.5) is 0 Å². The Bertz CT molecular complexity index is 2270. The molecule has 1 aliphatic rings. The third kappa shape index (κ3) is 1.30. The third-order valence-corrected chi connectivity index (χ3v) is 8.38. The van der Waals surface area contributed by atoms with Gasteiger partial charge in [-0.1, -0.05) is 78.9 Å². The average Bonchev–Trinajstić information content (AvgIpc) is 3.18. The molecule has 0 fully saturated rings. The van der Waals surface area contributed by atoms with Gasteiger partial charge in [0.15, 0.2) is 0 Å². The van der Waals surface area contributed by atoms with Gasteiger partial charge in [0, 0.05) is 0 Å². The Morgan fingerprint density at radius 3 is 1.47 bits per heavy atom. The van der Waals surface area contributed by atoms with Gasteiger partial charge in [0.25, 0.3) is 0 Å². The molecule has 0 unspecified atom stereocenters. The molecule has 9 aromatic rings. The van der Waals surface area contributed by atoms with Gasteiger partial charge in [0.2, 0.25) is 0 Å². The highest BCUT2D eigenvalue weighted by atomic mass is 14.3. The molecule has 32 heavy (non-hydrogen) atoms. The van der Waals surface area contributed by atoms with Crippen LogP contribution in [0.5, 0.6) is 0 Å². The van der Waals surface area contributed by atoms with Crippen molar-refractivity contribution in [2.75, 3.05) is 0 Å². The first kappa shape index (κ1) is 14.8. The van der Waals surface area contributed by atoms with Gasteiger partial charge in [0.1, 0.15) is 0 Å². The molecule has 10 rings (SSSR count). The van der Waals surface area contributed by atoms with Crippen molar-refractivity contribution >= 4 is 86.2 Å². The Kier molecular flexibility index (Phi) is 2.03. The molecular weight excluding hydrogens is 384 g/mol. The van der Waals surface area contributed by atoms with Crippen LogP contribution in [-0.2, 0) is 0 Å². The maximum atomic E-state index is 2.46. The van der Waals surface area contributed by atoms with E-state index in [2.05, 4.69) is 84.9 Å². The minimum atomic E-state index is 1.35. The van der Waals surface area contributed by atoms with Crippen molar-refractivity contribution in [1.82, 2.24) is 0 Å². The van der Waals surface area contributed by atoms with Crippen LogP contribution in [0.1, 0.15) is 0 Å². The van der Waals surface area contributed by atoms with Crippen LogP contribution in [0, 0.1) is 0 Å². The zero-order valence-corrected chi connectivity index (χ0v) is 17.1. The first-order valence-corrected chi connectivity index (χ1v) is 11.4. The topological polar surface area (TPSA) is 0 Å². The lowest BCUT2D eigenvalue weighted by molar-refractivity contribution is 1.79. The Balaban J connectivity index is 1.76. The van der Waals surface area contributed by atoms with Crippen molar-refractivity contribution in [3.05, 3.63) is 84.9 Å². The molecule has 0 heteroatoms. The third-order valence-electron chi connectivity index (χ3n) is 8.38. The normalized spacial score (nSPS) is 13.6. The van der Waals surface area contributed by atoms with Crippen LogP contribution in [0.3, 0.4) is 0 Å². The molecule has 0 spiro atoms. The zero-order chi connectivity index (χ0) is 20.3. The monoisotopic (exact) mass is 398 g/mol. The Morgan fingerprint density at radius 2 is 0.781 bits per heavy atom.